The summed E-state index contributed by atoms with van der Waals surface area (Å²) in [5, 5.41) is 21.0. The smallest absolute Gasteiger partial charge is 0.337 e. The summed E-state index contributed by atoms with van der Waals surface area (Å²) in [6.45, 7) is 0.471. The van der Waals surface area contributed by atoms with E-state index in [1.807, 2.05) is 0 Å². The first-order chi connectivity index (χ1) is 9.54. The van der Waals surface area contributed by atoms with Crippen molar-refractivity contribution in [2.24, 2.45) is 0 Å². The second-order valence-corrected chi connectivity index (χ2v) is 5.42. The zero-order chi connectivity index (χ0) is 14.7. The Bertz CT molecular complexity index is 535. The fourth-order valence-electron chi connectivity index (χ4n) is 2.30. The minimum atomic E-state index is -1.11. The maximum absolute atomic E-state index is 12.2. The third-order valence-electron chi connectivity index (χ3n) is 3.32. The molecule has 20 heavy (non-hydrogen) atoms. The molecular formula is C13H15BrN2O4. The Morgan fingerprint density at radius 1 is 1.45 bits per heavy atom. The average molecular weight is 343 g/mol. The summed E-state index contributed by atoms with van der Waals surface area (Å²) in [5.74, 6) is -1.11. The molecule has 1 saturated heterocycles. The number of carboxylic acid groups (broad SMARTS) is 1. The molecule has 2 rings (SSSR count). The van der Waals surface area contributed by atoms with Crippen LogP contribution in [0.25, 0.3) is 0 Å². The number of amides is 2. The van der Waals surface area contributed by atoms with E-state index in [1.165, 1.54) is 11.0 Å². The van der Waals surface area contributed by atoms with Crippen LogP contribution in [0, 0.1) is 0 Å². The van der Waals surface area contributed by atoms with Gasteiger partial charge in [-0.2, -0.15) is 0 Å². The molecule has 1 aliphatic heterocycles. The lowest BCUT2D eigenvalue weighted by Gasteiger charge is -2.24. The molecule has 7 heteroatoms. The average Bonchev–Trinajstić information content (AvgIpc) is 2.89. The van der Waals surface area contributed by atoms with Gasteiger partial charge in [-0.25, -0.2) is 9.59 Å². The number of rotatable bonds is 3. The number of aromatic carboxylic acids is 1. The van der Waals surface area contributed by atoms with Gasteiger partial charge < -0.3 is 20.4 Å². The van der Waals surface area contributed by atoms with Gasteiger partial charge in [0.25, 0.3) is 0 Å². The molecule has 1 fully saturated rings. The number of benzene rings is 1. The molecule has 3 N–H and O–H groups in total. The van der Waals surface area contributed by atoms with Crippen molar-refractivity contribution in [2.75, 3.05) is 18.5 Å². The number of hydrogen-bond acceptors (Lipinski definition) is 3. The van der Waals surface area contributed by atoms with Crippen LogP contribution in [-0.2, 0) is 0 Å². The maximum atomic E-state index is 12.2. The molecule has 1 aliphatic rings. The number of aliphatic hydroxyl groups is 1. The number of carbonyl (C=O) groups excluding carboxylic acids is 1. The third-order valence-corrected chi connectivity index (χ3v) is 3.99. The lowest BCUT2D eigenvalue weighted by molar-refractivity contribution is 0.0698. The summed E-state index contributed by atoms with van der Waals surface area (Å²) in [4.78, 5) is 24.9. The summed E-state index contributed by atoms with van der Waals surface area (Å²) in [6, 6.07) is 4.09. The van der Waals surface area contributed by atoms with Gasteiger partial charge in [-0.3, -0.25) is 0 Å². The number of urea groups is 1. The van der Waals surface area contributed by atoms with Crippen LogP contribution in [0.1, 0.15) is 23.2 Å². The van der Waals surface area contributed by atoms with Crippen LogP contribution in [0.3, 0.4) is 0 Å². The minimum absolute atomic E-state index is 0.0208. The van der Waals surface area contributed by atoms with Crippen LogP contribution < -0.4 is 5.32 Å². The summed E-state index contributed by atoms with van der Waals surface area (Å²) in [7, 11) is 0. The summed E-state index contributed by atoms with van der Waals surface area (Å²) in [6.07, 6.45) is 1.59. The molecule has 1 atom stereocenters. The van der Waals surface area contributed by atoms with Crippen molar-refractivity contribution in [1.29, 1.82) is 0 Å². The molecule has 0 aromatic heterocycles. The largest absolute Gasteiger partial charge is 0.478 e. The van der Waals surface area contributed by atoms with Crippen LogP contribution >= 0.6 is 15.9 Å². The first-order valence-electron chi connectivity index (χ1n) is 6.25. The monoisotopic (exact) mass is 342 g/mol. The Hall–Kier alpha value is -1.60. The van der Waals surface area contributed by atoms with Gasteiger partial charge in [-0.1, -0.05) is 6.07 Å². The SMILES string of the molecule is O=C(O)c1cccc(Br)c1NC(=O)N1CCCC1CO. The lowest BCUT2D eigenvalue weighted by Crippen LogP contribution is -2.40. The lowest BCUT2D eigenvalue weighted by atomic mass is 10.2. The van der Waals surface area contributed by atoms with Crippen LogP contribution in [0.2, 0.25) is 0 Å². The van der Waals surface area contributed by atoms with E-state index in [4.69, 9.17) is 5.11 Å². The summed E-state index contributed by atoms with van der Waals surface area (Å²) >= 11 is 3.24. The van der Waals surface area contributed by atoms with Crippen LogP contribution in [0.4, 0.5) is 10.5 Å². The molecule has 0 aliphatic carbocycles. The van der Waals surface area contributed by atoms with E-state index >= 15 is 0 Å². The van der Waals surface area contributed by atoms with Crippen molar-refractivity contribution >= 4 is 33.6 Å². The maximum Gasteiger partial charge on any atom is 0.337 e. The van der Waals surface area contributed by atoms with Gasteiger partial charge in [0, 0.05) is 11.0 Å². The van der Waals surface area contributed by atoms with Crippen LogP contribution in [0.5, 0.6) is 0 Å². The highest BCUT2D eigenvalue weighted by molar-refractivity contribution is 9.10. The van der Waals surface area contributed by atoms with E-state index in [0.29, 0.717) is 11.0 Å². The van der Waals surface area contributed by atoms with Gasteiger partial charge in [0.2, 0.25) is 0 Å². The van der Waals surface area contributed by atoms with Crippen LogP contribution in [0.15, 0.2) is 22.7 Å². The van der Waals surface area contributed by atoms with Crippen molar-refractivity contribution in [1.82, 2.24) is 4.90 Å². The van der Waals surface area contributed by atoms with E-state index in [9.17, 15) is 14.7 Å². The van der Waals surface area contributed by atoms with Crippen LogP contribution in [-0.4, -0.2) is 46.3 Å². The predicted molar refractivity (Wildman–Crippen MR) is 76.9 cm³/mol. The Morgan fingerprint density at radius 2 is 2.20 bits per heavy atom. The molecule has 0 saturated carbocycles. The number of likely N-dealkylation sites (tertiary alicyclic amines) is 1. The molecule has 0 spiro atoms. The molecular weight excluding hydrogens is 328 g/mol. The second-order valence-electron chi connectivity index (χ2n) is 4.57. The normalized spacial score (nSPS) is 18.1. The highest BCUT2D eigenvalue weighted by Gasteiger charge is 2.29. The number of nitrogens with one attached hydrogen (secondary N) is 1. The highest BCUT2D eigenvalue weighted by Crippen LogP contribution is 2.28. The molecule has 1 unspecified atom stereocenters. The molecule has 108 valence electrons. The number of aliphatic hydroxyl groups excluding tert-OH is 1. The summed E-state index contributed by atoms with van der Waals surface area (Å²) in [5.41, 5.74) is 0.251. The topological polar surface area (TPSA) is 89.9 Å². The number of anilines is 1. The number of carbonyl (C=O) groups is 2. The number of para-hydroxylation sites is 1. The second kappa shape index (κ2) is 6.23. The first kappa shape index (κ1) is 14.8. The van der Waals surface area contributed by atoms with Crippen molar-refractivity contribution in [3.63, 3.8) is 0 Å². The van der Waals surface area contributed by atoms with E-state index in [1.54, 1.807) is 12.1 Å². The molecule has 6 nitrogen and oxygen atoms in total. The van der Waals surface area contributed by atoms with E-state index in [2.05, 4.69) is 21.2 Å². The van der Waals surface area contributed by atoms with Gasteiger partial charge in [0.05, 0.1) is 23.9 Å². The van der Waals surface area contributed by atoms with Gasteiger partial charge in [-0.05, 0) is 40.9 Å². The van der Waals surface area contributed by atoms with Crippen molar-refractivity contribution in [2.45, 2.75) is 18.9 Å². The standard InChI is InChI=1S/C13H15BrN2O4/c14-10-5-1-4-9(12(18)19)11(10)15-13(20)16-6-2-3-8(16)7-17/h1,4-5,8,17H,2-3,6-7H2,(H,15,20)(H,18,19). The fraction of sp³-hybridized carbons (Fsp3) is 0.385. The predicted octanol–water partition coefficient (Wildman–Crippen LogP) is 2.14. The molecule has 0 radical (unpaired) electrons. The number of nitrogens with zero attached hydrogens (tertiary/aromatic N) is 1. The molecule has 0 bridgehead atoms. The Morgan fingerprint density at radius 3 is 2.85 bits per heavy atom. The number of halogens is 1. The van der Waals surface area contributed by atoms with Gasteiger partial charge in [0.1, 0.15) is 0 Å². The van der Waals surface area contributed by atoms with E-state index in [0.717, 1.165) is 12.8 Å². The van der Waals surface area contributed by atoms with E-state index in [-0.39, 0.29) is 23.9 Å². The third kappa shape index (κ3) is 2.94. The molecule has 1 aromatic rings. The Balaban J connectivity index is 2.21. The number of hydrogen-bond donors (Lipinski definition) is 3. The van der Waals surface area contributed by atoms with Crippen molar-refractivity contribution in [3.05, 3.63) is 28.2 Å². The highest BCUT2D eigenvalue weighted by atomic mass is 79.9. The molecule has 1 aromatic carbocycles. The quantitative estimate of drug-likeness (QED) is 0.784. The fourth-order valence-corrected chi connectivity index (χ4v) is 2.77. The minimum Gasteiger partial charge on any atom is -0.478 e. The van der Waals surface area contributed by atoms with Gasteiger partial charge in [-0.15, -0.1) is 0 Å². The first-order valence-corrected chi connectivity index (χ1v) is 7.04. The molecule has 1 heterocycles. The van der Waals surface area contributed by atoms with Gasteiger partial charge >= 0.3 is 12.0 Å². The zero-order valence-electron chi connectivity index (χ0n) is 10.7. The summed E-state index contributed by atoms with van der Waals surface area (Å²) < 4.78 is 0.505. The van der Waals surface area contributed by atoms with E-state index < -0.39 is 12.0 Å². The van der Waals surface area contributed by atoms with Crippen molar-refractivity contribution in [3.8, 4) is 0 Å². The Labute approximate surface area is 124 Å². The zero-order valence-corrected chi connectivity index (χ0v) is 12.3. The number of carboxylic acids is 1. The van der Waals surface area contributed by atoms with Crippen molar-refractivity contribution < 1.29 is 19.8 Å². The molecule has 2 amide bonds. The Kier molecular flexibility index (Phi) is 4.61. The van der Waals surface area contributed by atoms with Gasteiger partial charge in [0.15, 0.2) is 0 Å².